The number of methoxy groups -OCH3 is 1. The Morgan fingerprint density at radius 1 is 1.25 bits per heavy atom. The lowest BCUT2D eigenvalue weighted by atomic mass is 10.1. The maximum absolute atomic E-state index is 12.9. The van der Waals surface area contributed by atoms with Gasteiger partial charge >= 0.3 is 0 Å². The molecule has 0 aliphatic heterocycles. The average Bonchev–Trinajstić information content (AvgIpc) is 2.65. The number of nitrogens with one attached hydrogen (secondary N) is 1. The summed E-state index contributed by atoms with van der Waals surface area (Å²) in [4.78, 5) is 23.3. The van der Waals surface area contributed by atoms with Crippen molar-refractivity contribution >= 4 is 33.0 Å². The van der Waals surface area contributed by atoms with Gasteiger partial charge in [0.25, 0.3) is 5.69 Å². The number of nitrogens with zero attached hydrogens (tertiary/aromatic N) is 2. The number of hydrogen-bond donors (Lipinski definition) is 1. The predicted octanol–water partition coefficient (Wildman–Crippen LogP) is 2.79. The van der Waals surface area contributed by atoms with E-state index in [1.54, 1.807) is 37.3 Å². The molecule has 0 bridgehead atoms. The third-order valence-corrected chi connectivity index (χ3v) is 5.17. The van der Waals surface area contributed by atoms with Gasteiger partial charge in [-0.2, -0.15) is 0 Å². The third-order valence-electron chi connectivity index (χ3n) is 3.99. The van der Waals surface area contributed by atoms with E-state index < -0.39 is 26.9 Å². The molecule has 0 aliphatic rings. The second-order valence-electron chi connectivity index (χ2n) is 5.95. The van der Waals surface area contributed by atoms with Crippen LogP contribution in [0.3, 0.4) is 0 Å². The molecule has 0 saturated carbocycles. The van der Waals surface area contributed by atoms with Gasteiger partial charge < -0.3 is 10.1 Å². The number of hydrogen-bond acceptors (Lipinski definition) is 6. The van der Waals surface area contributed by atoms with E-state index in [0.717, 1.165) is 16.6 Å². The third kappa shape index (κ3) is 4.77. The van der Waals surface area contributed by atoms with Gasteiger partial charge in [0.05, 0.1) is 29.7 Å². The molecule has 1 atom stereocenters. The van der Waals surface area contributed by atoms with E-state index in [4.69, 9.17) is 4.74 Å². The number of ether oxygens (including phenoxy) is 1. The minimum absolute atomic E-state index is 0.0849. The van der Waals surface area contributed by atoms with E-state index in [1.165, 1.54) is 19.2 Å². The molecular weight excluding hydrogens is 386 g/mol. The highest BCUT2D eigenvalue weighted by Gasteiger charge is 2.32. The van der Waals surface area contributed by atoms with Crippen LogP contribution in [-0.2, 0) is 14.8 Å². The summed E-state index contributed by atoms with van der Waals surface area (Å²) in [5, 5.41) is 13.6. The SMILES string of the molecule is CC[C@@H](C(=O)Nc1cc([N+](=O)[O-])ccc1OC)N(c1ccccc1)S(C)(=O)=O. The molecule has 0 radical (unpaired) electrons. The highest BCUT2D eigenvalue weighted by Crippen LogP contribution is 2.30. The van der Waals surface area contributed by atoms with Crippen LogP contribution >= 0.6 is 0 Å². The van der Waals surface area contributed by atoms with Gasteiger partial charge in [-0.15, -0.1) is 0 Å². The van der Waals surface area contributed by atoms with Gasteiger partial charge in [-0.05, 0) is 24.6 Å². The largest absolute Gasteiger partial charge is 0.495 e. The molecule has 0 unspecified atom stereocenters. The molecule has 0 saturated heterocycles. The zero-order valence-corrected chi connectivity index (χ0v) is 16.5. The van der Waals surface area contributed by atoms with Crippen LogP contribution in [0, 0.1) is 10.1 Å². The summed E-state index contributed by atoms with van der Waals surface area (Å²) in [6.45, 7) is 1.68. The predicted molar refractivity (Wildman–Crippen MR) is 106 cm³/mol. The number of nitro groups is 1. The van der Waals surface area contributed by atoms with Gasteiger partial charge in [-0.3, -0.25) is 19.2 Å². The molecule has 150 valence electrons. The lowest BCUT2D eigenvalue weighted by Gasteiger charge is -2.30. The molecule has 2 aromatic carbocycles. The fraction of sp³-hybridized carbons (Fsp3) is 0.278. The van der Waals surface area contributed by atoms with Crippen LogP contribution in [0.2, 0.25) is 0 Å². The Morgan fingerprint density at radius 3 is 2.39 bits per heavy atom. The van der Waals surface area contributed by atoms with Crippen molar-refractivity contribution in [3.8, 4) is 5.75 Å². The molecule has 28 heavy (non-hydrogen) atoms. The van der Waals surface area contributed by atoms with Crippen molar-refractivity contribution in [2.75, 3.05) is 23.0 Å². The molecule has 0 spiro atoms. The molecule has 0 aliphatic carbocycles. The van der Waals surface area contributed by atoms with E-state index in [9.17, 15) is 23.3 Å². The molecule has 2 aromatic rings. The van der Waals surface area contributed by atoms with Gasteiger partial charge in [0, 0.05) is 12.1 Å². The second kappa shape index (κ2) is 8.70. The van der Waals surface area contributed by atoms with Crippen molar-refractivity contribution in [3.63, 3.8) is 0 Å². The first kappa shape index (κ1) is 21.2. The number of anilines is 2. The van der Waals surface area contributed by atoms with Crippen LogP contribution in [0.5, 0.6) is 5.75 Å². The van der Waals surface area contributed by atoms with Crippen LogP contribution < -0.4 is 14.4 Å². The Morgan fingerprint density at radius 2 is 1.89 bits per heavy atom. The number of non-ortho nitro benzene ring substituents is 1. The Hall–Kier alpha value is -3.14. The van der Waals surface area contributed by atoms with Crippen molar-refractivity contribution < 1.29 is 22.9 Å². The molecule has 10 heteroatoms. The van der Waals surface area contributed by atoms with E-state index in [2.05, 4.69) is 5.32 Å². The van der Waals surface area contributed by atoms with Crippen molar-refractivity contribution in [1.82, 2.24) is 0 Å². The Labute approximate surface area is 163 Å². The normalized spacial score (nSPS) is 12.1. The van der Waals surface area contributed by atoms with Gasteiger partial charge in [0.15, 0.2) is 0 Å². The highest BCUT2D eigenvalue weighted by atomic mass is 32.2. The zero-order valence-electron chi connectivity index (χ0n) is 15.7. The monoisotopic (exact) mass is 407 g/mol. The molecule has 0 heterocycles. The molecule has 2 rings (SSSR count). The first-order valence-electron chi connectivity index (χ1n) is 8.36. The molecule has 1 N–H and O–H groups in total. The van der Waals surface area contributed by atoms with Gasteiger partial charge in [-0.25, -0.2) is 8.42 Å². The first-order chi connectivity index (χ1) is 13.2. The number of sulfonamides is 1. The van der Waals surface area contributed by atoms with Crippen molar-refractivity contribution in [1.29, 1.82) is 0 Å². The van der Waals surface area contributed by atoms with Crippen molar-refractivity contribution in [2.45, 2.75) is 19.4 Å². The minimum atomic E-state index is -3.77. The second-order valence-corrected chi connectivity index (χ2v) is 7.81. The van der Waals surface area contributed by atoms with Gasteiger partial charge in [-0.1, -0.05) is 25.1 Å². The summed E-state index contributed by atoms with van der Waals surface area (Å²) >= 11 is 0. The van der Waals surface area contributed by atoms with E-state index in [0.29, 0.717) is 5.69 Å². The van der Waals surface area contributed by atoms with Crippen molar-refractivity contribution in [2.24, 2.45) is 0 Å². The lowest BCUT2D eigenvalue weighted by Crippen LogP contribution is -2.47. The fourth-order valence-corrected chi connectivity index (χ4v) is 3.97. The average molecular weight is 407 g/mol. The summed E-state index contributed by atoms with van der Waals surface area (Å²) in [6, 6.07) is 11.0. The summed E-state index contributed by atoms with van der Waals surface area (Å²) in [5.41, 5.74) is 0.201. The number of amides is 1. The molecule has 0 fully saturated rings. The number of rotatable bonds is 8. The highest BCUT2D eigenvalue weighted by molar-refractivity contribution is 7.92. The molecule has 9 nitrogen and oxygen atoms in total. The molecule has 0 aromatic heterocycles. The first-order valence-corrected chi connectivity index (χ1v) is 10.2. The Kier molecular flexibility index (Phi) is 6.57. The summed E-state index contributed by atoms with van der Waals surface area (Å²) < 4.78 is 30.9. The number of benzene rings is 2. The number of carbonyl (C=O) groups excluding carboxylic acids is 1. The van der Waals surface area contributed by atoms with E-state index >= 15 is 0 Å². The maximum atomic E-state index is 12.9. The zero-order chi connectivity index (χ0) is 20.9. The van der Waals surface area contributed by atoms with Gasteiger partial charge in [0.2, 0.25) is 15.9 Å². The maximum Gasteiger partial charge on any atom is 0.271 e. The van der Waals surface area contributed by atoms with Crippen LogP contribution in [0.1, 0.15) is 13.3 Å². The molecule has 1 amide bonds. The number of nitro benzene ring substituents is 1. The van der Waals surface area contributed by atoms with Crippen LogP contribution in [0.4, 0.5) is 17.1 Å². The Bertz CT molecular complexity index is 963. The smallest absolute Gasteiger partial charge is 0.271 e. The van der Waals surface area contributed by atoms with E-state index in [1.807, 2.05) is 0 Å². The minimum Gasteiger partial charge on any atom is -0.495 e. The summed E-state index contributed by atoms with van der Waals surface area (Å²) in [7, 11) is -2.41. The van der Waals surface area contributed by atoms with E-state index in [-0.39, 0.29) is 23.5 Å². The van der Waals surface area contributed by atoms with Crippen LogP contribution in [0.15, 0.2) is 48.5 Å². The summed E-state index contributed by atoms with van der Waals surface area (Å²) in [5.74, 6) is -0.407. The topological polar surface area (TPSA) is 119 Å². The van der Waals surface area contributed by atoms with Gasteiger partial charge in [0.1, 0.15) is 11.8 Å². The lowest BCUT2D eigenvalue weighted by molar-refractivity contribution is -0.384. The quantitative estimate of drug-likeness (QED) is 0.531. The van der Waals surface area contributed by atoms with Crippen molar-refractivity contribution in [3.05, 3.63) is 58.6 Å². The number of para-hydroxylation sites is 1. The standard InChI is InChI=1S/C18H21N3O6S/c1-4-16(20(28(3,25)26)13-8-6-5-7-9-13)18(22)19-15-12-14(21(23)24)10-11-17(15)27-2/h5-12,16H,4H2,1-3H3,(H,19,22)/t16-/m0/s1. The fourth-order valence-electron chi connectivity index (χ4n) is 2.76. The Balaban J connectivity index is 2.42. The van der Waals surface area contributed by atoms with Crippen LogP contribution in [-0.4, -0.2) is 38.7 Å². The summed E-state index contributed by atoms with van der Waals surface area (Å²) in [6.07, 6.45) is 1.20. The molecular formula is C18H21N3O6S. The van der Waals surface area contributed by atoms with Crippen LogP contribution in [0.25, 0.3) is 0 Å². The number of carbonyl (C=O) groups is 1.